The third-order valence-corrected chi connectivity index (χ3v) is 8.59. The first-order chi connectivity index (χ1) is 11.9. The molecule has 2 heteroatoms. The quantitative estimate of drug-likeness (QED) is 0.443. The fourth-order valence-corrected chi connectivity index (χ4v) is 7.28. The highest BCUT2D eigenvalue weighted by Crippen LogP contribution is 2.66. The summed E-state index contributed by atoms with van der Waals surface area (Å²) in [6.45, 7) is 8.86. The molecule has 4 aliphatic rings. The van der Waals surface area contributed by atoms with E-state index in [4.69, 9.17) is 4.74 Å². The smallest absolute Gasteiger partial charge is 0.302 e. The lowest BCUT2D eigenvalue weighted by molar-refractivity contribution is -0.148. The number of fused-ring (bicyclic) bond motifs is 5. The summed E-state index contributed by atoms with van der Waals surface area (Å²) in [4.78, 5) is 11.4. The molecule has 4 aliphatic carbocycles. The summed E-state index contributed by atoms with van der Waals surface area (Å²) in [6.07, 6.45) is 15.0. The Hall–Kier alpha value is -1.05. The average Bonchev–Trinajstić information content (AvgIpc) is 2.91. The molecule has 6 atom stereocenters. The zero-order chi connectivity index (χ0) is 17.8. The third kappa shape index (κ3) is 2.54. The van der Waals surface area contributed by atoms with Crippen LogP contribution in [0.2, 0.25) is 0 Å². The van der Waals surface area contributed by atoms with Crippen molar-refractivity contribution < 1.29 is 9.53 Å². The largest absolute Gasteiger partial charge is 0.462 e. The summed E-state index contributed by atoms with van der Waals surface area (Å²) in [5.41, 5.74) is 4.14. The molecule has 0 aromatic rings. The maximum atomic E-state index is 11.4. The van der Waals surface area contributed by atoms with Crippen molar-refractivity contribution in [2.45, 2.75) is 85.2 Å². The van der Waals surface area contributed by atoms with Crippen LogP contribution in [0, 0.1) is 28.6 Å². The van der Waals surface area contributed by atoms with E-state index in [1.807, 2.05) is 0 Å². The van der Waals surface area contributed by atoms with E-state index in [1.165, 1.54) is 38.5 Å². The molecule has 0 unspecified atom stereocenters. The second-order valence-corrected chi connectivity index (χ2v) is 9.54. The van der Waals surface area contributed by atoms with E-state index in [0.29, 0.717) is 10.8 Å². The third-order valence-electron chi connectivity index (χ3n) is 8.59. The molecule has 3 saturated carbocycles. The average molecular weight is 343 g/mol. The lowest BCUT2D eigenvalue weighted by Gasteiger charge is -2.57. The minimum atomic E-state index is -0.124. The van der Waals surface area contributed by atoms with Gasteiger partial charge in [0.2, 0.25) is 0 Å². The summed E-state index contributed by atoms with van der Waals surface area (Å²) in [5, 5.41) is 0. The Morgan fingerprint density at radius 2 is 1.88 bits per heavy atom. The van der Waals surface area contributed by atoms with Crippen LogP contribution in [0.3, 0.4) is 0 Å². The van der Waals surface area contributed by atoms with Crippen LogP contribution >= 0.6 is 0 Å². The van der Waals surface area contributed by atoms with Gasteiger partial charge in [0.15, 0.2) is 0 Å². The Bertz CT molecular complexity index is 630. The van der Waals surface area contributed by atoms with Gasteiger partial charge in [-0.1, -0.05) is 37.1 Å². The number of esters is 1. The number of ether oxygens (including phenoxy) is 1. The van der Waals surface area contributed by atoms with Gasteiger partial charge >= 0.3 is 5.97 Å². The highest BCUT2D eigenvalue weighted by Gasteiger charge is 2.57. The van der Waals surface area contributed by atoms with Crippen molar-refractivity contribution >= 4 is 5.97 Å². The van der Waals surface area contributed by atoms with E-state index in [0.717, 1.165) is 30.6 Å². The van der Waals surface area contributed by atoms with Crippen LogP contribution in [0.1, 0.15) is 79.1 Å². The Morgan fingerprint density at radius 3 is 2.60 bits per heavy atom. The van der Waals surface area contributed by atoms with Crippen molar-refractivity contribution in [3.8, 4) is 0 Å². The predicted molar refractivity (Wildman–Crippen MR) is 101 cm³/mol. The number of hydrogen-bond donors (Lipinski definition) is 0. The molecule has 0 N–H and O–H groups in total. The lowest BCUT2D eigenvalue weighted by atomic mass is 9.48. The maximum Gasteiger partial charge on any atom is 0.302 e. The van der Waals surface area contributed by atoms with Crippen molar-refractivity contribution in [1.29, 1.82) is 0 Å². The van der Waals surface area contributed by atoms with Gasteiger partial charge in [0.1, 0.15) is 6.10 Å². The van der Waals surface area contributed by atoms with E-state index in [2.05, 4.69) is 32.9 Å². The molecule has 0 spiro atoms. The van der Waals surface area contributed by atoms with Crippen molar-refractivity contribution in [3.63, 3.8) is 0 Å². The lowest BCUT2D eigenvalue weighted by Crippen LogP contribution is -2.49. The molecule has 3 fully saturated rings. The summed E-state index contributed by atoms with van der Waals surface area (Å²) in [5.74, 6) is 2.44. The van der Waals surface area contributed by atoms with E-state index < -0.39 is 0 Å². The zero-order valence-electron chi connectivity index (χ0n) is 16.4. The van der Waals surface area contributed by atoms with Crippen LogP contribution in [0.5, 0.6) is 0 Å². The van der Waals surface area contributed by atoms with Gasteiger partial charge in [-0.25, -0.2) is 0 Å². The molecular weight excluding hydrogens is 308 g/mol. The second-order valence-electron chi connectivity index (χ2n) is 9.54. The Balaban J connectivity index is 1.60. The molecule has 0 bridgehead atoms. The first-order valence-corrected chi connectivity index (χ1v) is 10.4. The molecule has 0 aromatic carbocycles. The summed E-state index contributed by atoms with van der Waals surface area (Å²) in [7, 11) is 0. The van der Waals surface area contributed by atoms with Gasteiger partial charge < -0.3 is 4.74 Å². The number of rotatable bonds is 1. The zero-order valence-corrected chi connectivity index (χ0v) is 16.4. The summed E-state index contributed by atoms with van der Waals surface area (Å²) in [6, 6.07) is 0. The minimum Gasteiger partial charge on any atom is -0.462 e. The van der Waals surface area contributed by atoms with E-state index in [-0.39, 0.29) is 12.1 Å². The molecule has 0 aromatic heterocycles. The molecular formula is C23H34O2. The first kappa shape index (κ1) is 17.4. The SMILES string of the molecule is C/C=C1\CC[C@H]2[C@@H]3CC=C4C[C@H](OC(C)=O)CC[C@]4(C)[C@H]3CC[C@]12C. The minimum absolute atomic E-state index is 0.114. The van der Waals surface area contributed by atoms with Crippen LogP contribution < -0.4 is 0 Å². The van der Waals surface area contributed by atoms with Crippen LogP contribution in [0.4, 0.5) is 0 Å². The monoisotopic (exact) mass is 342 g/mol. The molecule has 0 amide bonds. The van der Waals surface area contributed by atoms with Crippen molar-refractivity contribution in [1.82, 2.24) is 0 Å². The highest BCUT2D eigenvalue weighted by molar-refractivity contribution is 5.66. The molecule has 0 heterocycles. The first-order valence-electron chi connectivity index (χ1n) is 10.4. The fraction of sp³-hybridized carbons (Fsp3) is 0.783. The van der Waals surface area contributed by atoms with Crippen molar-refractivity contribution in [2.75, 3.05) is 0 Å². The normalized spacial score (nSPS) is 47.5. The summed E-state index contributed by atoms with van der Waals surface area (Å²) >= 11 is 0. The standard InChI is InChI=1S/C23H34O2/c1-5-16-7-9-20-19-8-6-17-14-18(25-15(2)24)10-12-23(17,4)21(19)11-13-22(16,20)3/h5-6,18-21H,7-14H2,1-4H3/b16-5+/t18-,19+,20+,21+,22-,23+/m1/s1. The van der Waals surface area contributed by atoms with Gasteiger partial charge in [-0.3, -0.25) is 4.79 Å². The second kappa shape index (κ2) is 5.99. The van der Waals surface area contributed by atoms with E-state index in [9.17, 15) is 4.79 Å². The molecule has 0 radical (unpaired) electrons. The number of allylic oxidation sites excluding steroid dienone is 3. The van der Waals surface area contributed by atoms with E-state index >= 15 is 0 Å². The highest BCUT2D eigenvalue weighted by atomic mass is 16.5. The Morgan fingerprint density at radius 1 is 1.16 bits per heavy atom. The summed E-state index contributed by atoms with van der Waals surface area (Å²) < 4.78 is 5.55. The van der Waals surface area contributed by atoms with Gasteiger partial charge in [0.25, 0.3) is 0 Å². The number of carbonyl (C=O) groups excluding carboxylic acids is 1. The van der Waals surface area contributed by atoms with Crippen LogP contribution in [0.25, 0.3) is 0 Å². The molecule has 4 rings (SSSR count). The topological polar surface area (TPSA) is 26.3 Å². The Kier molecular flexibility index (Phi) is 4.16. The van der Waals surface area contributed by atoms with Crippen LogP contribution in [0.15, 0.2) is 23.3 Å². The molecule has 2 nitrogen and oxygen atoms in total. The Labute approximate surface area is 153 Å². The van der Waals surface area contributed by atoms with Crippen LogP contribution in [-0.4, -0.2) is 12.1 Å². The molecule has 25 heavy (non-hydrogen) atoms. The maximum absolute atomic E-state index is 11.4. The van der Waals surface area contributed by atoms with Gasteiger partial charge in [-0.2, -0.15) is 0 Å². The number of carbonyl (C=O) groups is 1. The fourth-order valence-electron chi connectivity index (χ4n) is 7.28. The van der Waals surface area contributed by atoms with Crippen molar-refractivity contribution in [3.05, 3.63) is 23.3 Å². The van der Waals surface area contributed by atoms with Crippen LogP contribution in [-0.2, 0) is 9.53 Å². The molecule has 138 valence electrons. The molecule has 0 saturated heterocycles. The van der Waals surface area contributed by atoms with Gasteiger partial charge in [0.05, 0.1) is 0 Å². The number of hydrogen-bond acceptors (Lipinski definition) is 2. The molecule has 0 aliphatic heterocycles. The predicted octanol–water partition coefficient (Wildman–Crippen LogP) is 5.83. The van der Waals surface area contributed by atoms with Gasteiger partial charge in [-0.15, -0.1) is 0 Å². The van der Waals surface area contributed by atoms with Gasteiger partial charge in [0, 0.05) is 13.3 Å². The van der Waals surface area contributed by atoms with E-state index in [1.54, 1.807) is 18.1 Å². The van der Waals surface area contributed by atoms with Gasteiger partial charge in [-0.05, 0) is 80.5 Å². The van der Waals surface area contributed by atoms with Crippen molar-refractivity contribution in [2.24, 2.45) is 28.6 Å².